The number of nitrogens with two attached hydrogens (primary N) is 2. The van der Waals surface area contributed by atoms with Gasteiger partial charge in [-0.2, -0.15) is 0 Å². The molecule has 0 saturated heterocycles. The SMILES string of the molecule is CCN=C(CNC(C)C(=O)OCc1ccccc1)C(N)=CN. The first-order valence-corrected chi connectivity index (χ1v) is 7.23. The van der Waals surface area contributed by atoms with E-state index in [2.05, 4.69) is 10.3 Å². The Hall–Kier alpha value is -2.34. The standard InChI is InChI=1S/C16H24N4O2/c1-3-19-15(14(18)9-17)10-20-12(2)16(21)22-11-13-7-5-4-6-8-13/h4-9,12,20H,3,10-11,17-18H2,1-2H3. The summed E-state index contributed by atoms with van der Waals surface area (Å²) in [6.07, 6.45) is 1.30. The van der Waals surface area contributed by atoms with Crippen molar-refractivity contribution in [3.63, 3.8) is 0 Å². The molecule has 1 unspecified atom stereocenters. The quantitative estimate of drug-likeness (QED) is 0.490. The molecule has 0 amide bonds. The number of benzene rings is 1. The zero-order valence-electron chi connectivity index (χ0n) is 13.1. The van der Waals surface area contributed by atoms with Gasteiger partial charge in [-0.1, -0.05) is 30.3 Å². The van der Waals surface area contributed by atoms with Gasteiger partial charge < -0.3 is 16.2 Å². The number of rotatable bonds is 8. The molecule has 1 aromatic carbocycles. The smallest absolute Gasteiger partial charge is 0.323 e. The lowest BCUT2D eigenvalue weighted by Crippen LogP contribution is -2.39. The molecule has 0 aliphatic rings. The Balaban J connectivity index is 2.45. The van der Waals surface area contributed by atoms with E-state index in [-0.39, 0.29) is 12.6 Å². The van der Waals surface area contributed by atoms with Gasteiger partial charge in [0.1, 0.15) is 12.6 Å². The van der Waals surface area contributed by atoms with Gasteiger partial charge in [0.2, 0.25) is 0 Å². The van der Waals surface area contributed by atoms with Gasteiger partial charge in [0.05, 0.1) is 11.4 Å². The molecule has 0 saturated carbocycles. The van der Waals surface area contributed by atoms with E-state index in [0.717, 1.165) is 5.56 Å². The maximum atomic E-state index is 11.9. The first-order chi connectivity index (χ1) is 10.6. The van der Waals surface area contributed by atoms with Gasteiger partial charge in [0.25, 0.3) is 0 Å². The fraction of sp³-hybridized carbons (Fsp3) is 0.375. The van der Waals surface area contributed by atoms with Crippen molar-refractivity contribution in [2.45, 2.75) is 26.5 Å². The first-order valence-electron chi connectivity index (χ1n) is 7.23. The van der Waals surface area contributed by atoms with E-state index in [1.54, 1.807) is 6.92 Å². The van der Waals surface area contributed by atoms with Crippen LogP contribution in [-0.2, 0) is 16.1 Å². The van der Waals surface area contributed by atoms with Crippen LogP contribution in [0.2, 0.25) is 0 Å². The van der Waals surface area contributed by atoms with Crippen LogP contribution in [0.1, 0.15) is 19.4 Å². The maximum Gasteiger partial charge on any atom is 0.323 e. The van der Waals surface area contributed by atoms with Crippen molar-refractivity contribution in [2.75, 3.05) is 13.1 Å². The van der Waals surface area contributed by atoms with Crippen molar-refractivity contribution < 1.29 is 9.53 Å². The number of hydrogen-bond acceptors (Lipinski definition) is 6. The Kier molecular flexibility index (Phi) is 7.70. The second-order valence-corrected chi connectivity index (χ2v) is 4.74. The zero-order valence-corrected chi connectivity index (χ0v) is 13.1. The molecule has 5 N–H and O–H groups in total. The lowest BCUT2D eigenvalue weighted by molar-refractivity contribution is -0.146. The molecule has 0 radical (unpaired) electrons. The minimum absolute atomic E-state index is 0.256. The second kappa shape index (κ2) is 9.57. The minimum atomic E-state index is -0.462. The molecule has 22 heavy (non-hydrogen) atoms. The van der Waals surface area contributed by atoms with Crippen molar-refractivity contribution in [3.05, 3.63) is 47.8 Å². The van der Waals surface area contributed by atoms with Gasteiger partial charge in [0.15, 0.2) is 0 Å². The van der Waals surface area contributed by atoms with E-state index >= 15 is 0 Å². The van der Waals surface area contributed by atoms with Gasteiger partial charge in [0, 0.05) is 19.3 Å². The summed E-state index contributed by atoms with van der Waals surface area (Å²) < 4.78 is 5.26. The minimum Gasteiger partial charge on any atom is -0.460 e. The summed E-state index contributed by atoms with van der Waals surface area (Å²) in [6, 6.07) is 9.07. The monoisotopic (exact) mass is 304 g/mol. The molecule has 1 atom stereocenters. The number of ether oxygens (including phenoxy) is 1. The zero-order chi connectivity index (χ0) is 16.4. The lowest BCUT2D eigenvalue weighted by atomic mass is 10.2. The number of carbonyl (C=O) groups is 1. The Bertz CT molecular complexity index is 526. The molecule has 0 heterocycles. The third-order valence-electron chi connectivity index (χ3n) is 3.01. The van der Waals surface area contributed by atoms with E-state index in [9.17, 15) is 4.79 Å². The highest BCUT2D eigenvalue weighted by atomic mass is 16.5. The van der Waals surface area contributed by atoms with Crippen molar-refractivity contribution in [1.82, 2.24) is 5.32 Å². The van der Waals surface area contributed by atoms with E-state index in [0.29, 0.717) is 24.5 Å². The summed E-state index contributed by atoms with van der Waals surface area (Å²) >= 11 is 0. The molecule has 0 bridgehead atoms. The largest absolute Gasteiger partial charge is 0.460 e. The van der Waals surface area contributed by atoms with Crippen molar-refractivity contribution in [2.24, 2.45) is 16.5 Å². The summed E-state index contributed by atoms with van der Waals surface area (Å²) in [5.41, 5.74) is 13.1. The highest BCUT2D eigenvalue weighted by molar-refractivity contribution is 6.01. The molecule has 0 spiro atoms. The van der Waals surface area contributed by atoms with E-state index in [1.807, 2.05) is 37.3 Å². The number of esters is 1. The highest BCUT2D eigenvalue weighted by Gasteiger charge is 2.15. The third kappa shape index (κ3) is 5.97. The van der Waals surface area contributed by atoms with Crippen LogP contribution in [0.3, 0.4) is 0 Å². The molecule has 1 rings (SSSR count). The van der Waals surface area contributed by atoms with Gasteiger partial charge in [-0.25, -0.2) is 0 Å². The average molecular weight is 304 g/mol. The van der Waals surface area contributed by atoms with E-state index in [4.69, 9.17) is 16.2 Å². The number of hydrogen-bond donors (Lipinski definition) is 3. The topological polar surface area (TPSA) is 103 Å². The number of aliphatic imine (C=N–C) groups is 1. The molecule has 0 aliphatic carbocycles. The van der Waals surface area contributed by atoms with Gasteiger partial charge in [-0.15, -0.1) is 0 Å². The van der Waals surface area contributed by atoms with Crippen molar-refractivity contribution in [1.29, 1.82) is 0 Å². The summed E-state index contributed by atoms with van der Waals surface area (Å²) in [5, 5.41) is 3.04. The lowest BCUT2D eigenvalue weighted by Gasteiger charge is -2.14. The molecule has 1 aromatic rings. The maximum absolute atomic E-state index is 11.9. The van der Waals surface area contributed by atoms with Gasteiger partial charge >= 0.3 is 5.97 Å². The van der Waals surface area contributed by atoms with Crippen LogP contribution < -0.4 is 16.8 Å². The summed E-state index contributed by atoms with van der Waals surface area (Å²) in [6.45, 7) is 4.85. The number of nitrogens with one attached hydrogen (secondary N) is 1. The molecular formula is C16H24N4O2. The summed E-state index contributed by atoms with van der Waals surface area (Å²) in [4.78, 5) is 16.2. The predicted octanol–water partition coefficient (Wildman–Crippen LogP) is 0.928. The first kappa shape index (κ1) is 17.7. The van der Waals surface area contributed by atoms with Crippen LogP contribution in [0, 0.1) is 0 Å². The Morgan fingerprint density at radius 2 is 2.09 bits per heavy atom. The molecule has 120 valence electrons. The van der Waals surface area contributed by atoms with Gasteiger partial charge in [-0.3, -0.25) is 15.1 Å². The summed E-state index contributed by atoms with van der Waals surface area (Å²) in [5.74, 6) is -0.324. The van der Waals surface area contributed by atoms with Crippen LogP contribution in [-0.4, -0.2) is 30.8 Å². The Morgan fingerprint density at radius 1 is 1.41 bits per heavy atom. The molecular weight excluding hydrogens is 280 g/mol. The normalized spacial score (nSPS) is 13.7. The van der Waals surface area contributed by atoms with Crippen LogP contribution in [0.5, 0.6) is 0 Å². The average Bonchev–Trinajstić information content (AvgIpc) is 2.56. The van der Waals surface area contributed by atoms with Crippen LogP contribution in [0.25, 0.3) is 0 Å². The highest BCUT2D eigenvalue weighted by Crippen LogP contribution is 2.02. The summed E-state index contributed by atoms with van der Waals surface area (Å²) in [7, 11) is 0. The second-order valence-electron chi connectivity index (χ2n) is 4.74. The van der Waals surface area contributed by atoms with Crippen molar-refractivity contribution in [3.8, 4) is 0 Å². The predicted molar refractivity (Wildman–Crippen MR) is 88.1 cm³/mol. The molecule has 0 aromatic heterocycles. The fourth-order valence-corrected chi connectivity index (χ4v) is 1.72. The molecule has 6 nitrogen and oxygen atoms in total. The van der Waals surface area contributed by atoms with Crippen molar-refractivity contribution >= 4 is 11.7 Å². The third-order valence-corrected chi connectivity index (χ3v) is 3.01. The van der Waals surface area contributed by atoms with Crippen LogP contribution in [0.15, 0.2) is 47.2 Å². The number of carbonyl (C=O) groups excluding carboxylic acids is 1. The van der Waals surface area contributed by atoms with Crippen LogP contribution >= 0.6 is 0 Å². The van der Waals surface area contributed by atoms with E-state index < -0.39 is 6.04 Å². The Morgan fingerprint density at radius 3 is 2.68 bits per heavy atom. The van der Waals surface area contributed by atoms with Gasteiger partial charge in [-0.05, 0) is 19.4 Å². The molecule has 0 fully saturated rings. The molecule has 0 aliphatic heterocycles. The Labute approximate surface area is 131 Å². The molecule has 6 heteroatoms. The number of nitrogens with zero attached hydrogens (tertiary/aromatic N) is 1. The fourth-order valence-electron chi connectivity index (χ4n) is 1.72. The van der Waals surface area contributed by atoms with Crippen LogP contribution in [0.4, 0.5) is 0 Å². The van der Waals surface area contributed by atoms with E-state index in [1.165, 1.54) is 6.20 Å².